The van der Waals surface area contributed by atoms with E-state index in [1.54, 1.807) is 0 Å². The average molecular weight is 320 g/mol. The lowest BCUT2D eigenvalue weighted by molar-refractivity contribution is -0.115. The molecule has 2 saturated heterocycles. The Morgan fingerprint density at radius 3 is 2.13 bits per heavy atom. The number of piperidine rings is 2. The molecule has 0 saturated carbocycles. The molecule has 3 N–H and O–H groups in total. The second kappa shape index (κ2) is 6.77. The van der Waals surface area contributed by atoms with Gasteiger partial charge in [-0.05, 0) is 30.4 Å². The number of hydrogen-bond acceptors (Lipinski definition) is 5. The summed E-state index contributed by atoms with van der Waals surface area (Å²) >= 11 is 0. The third-order valence-electron chi connectivity index (χ3n) is 5.38. The molecular formula is C18H28N2O3. The molecule has 2 atom stereocenters. The van der Waals surface area contributed by atoms with Gasteiger partial charge in [-0.2, -0.15) is 0 Å². The van der Waals surface area contributed by atoms with Crippen molar-refractivity contribution in [3.63, 3.8) is 0 Å². The summed E-state index contributed by atoms with van der Waals surface area (Å²) in [4.78, 5) is 4.52. The molecule has 2 fully saturated rings. The second-order valence-corrected chi connectivity index (χ2v) is 7.45. The van der Waals surface area contributed by atoms with Gasteiger partial charge >= 0.3 is 0 Å². The molecule has 1 aromatic carbocycles. The maximum absolute atomic E-state index is 9.86. The highest BCUT2D eigenvalue weighted by atomic mass is 16.4. The van der Waals surface area contributed by atoms with E-state index in [0.29, 0.717) is 13.1 Å². The molecular weight excluding hydrogens is 292 g/mol. The summed E-state index contributed by atoms with van der Waals surface area (Å²) in [5.74, 6) is 0. The molecule has 5 nitrogen and oxygen atoms in total. The quantitative estimate of drug-likeness (QED) is 0.765. The highest BCUT2D eigenvalue weighted by Gasteiger charge is 2.38. The molecule has 2 heterocycles. The number of β-amino-alcohol motifs (C(OH)–C–C–N with tert-alkyl or cyclic N) is 2. The van der Waals surface area contributed by atoms with Crippen LogP contribution in [-0.4, -0.2) is 71.3 Å². The predicted molar refractivity (Wildman–Crippen MR) is 90.5 cm³/mol. The lowest BCUT2D eigenvalue weighted by Gasteiger charge is -2.45. The van der Waals surface area contributed by atoms with Crippen molar-refractivity contribution in [2.24, 2.45) is 5.41 Å². The number of benzene rings is 1. The Morgan fingerprint density at radius 2 is 1.57 bits per heavy atom. The van der Waals surface area contributed by atoms with Gasteiger partial charge in [-0.15, -0.1) is 0 Å². The van der Waals surface area contributed by atoms with Gasteiger partial charge in [0.1, 0.15) is 6.10 Å². The fourth-order valence-corrected chi connectivity index (χ4v) is 3.85. The number of aliphatic hydroxyl groups excluding tert-OH is 3. The van der Waals surface area contributed by atoms with Crippen molar-refractivity contribution in [1.29, 1.82) is 0 Å². The van der Waals surface area contributed by atoms with E-state index in [9.17, 15) is 15.3 Å². The second-order valence-electron chi connectivity index (χ2n) is 7.45. The Balaban J connectivity index is 1.55. The van der Waals surface area contributed by atoms with Gasteiger partial charge in [0.15, 0.2) is 0 Å². The highest BCUT2D eigenvalue weighted by molar-refractivity contribution is 5.46. The van der Waals surface area contributed by atoms with E-state index < -0.39 is 18.3 Å². The van der Waals surface area contributed by atoms with Gasteiger partial charge in [-0.25, -0.2) is 0 Å². The van der Waals surface area contributed by atoms with E-state index in [2.05, 4.69) is 41.0 Å². The molecule has 128 valence electrons. The monoisotopic (exact) mass is 320 g/mol. The number of likely N-dealkylation sites (tertiary alicyclic amines) is 1. The van der Waals surface area contributed by atoms with Gasteiger partial charge in [0, 0.05) is 38.4 Å². The first-order chi connectivity index (χ1) is 11.0. The van der Waals surface area contributed by atoms with Crippen LogP contribution >= 0.6 is 0 Å². The van der Waals surface area contributed by atoms with Crippen LogP contribution in [0.2, 0.25) is 0 Å². The van der Waals surface area contributed by atoms with E-state index >= 15 is 0 Å². The van der Waals surface area contributed by atoms with Crippen LogP contribution in [0.4, 0.5) is 5.69 Å². The van der Waals surface area contributed by atoms with Crippen molar-refractivity contribution in [2.45, 2.75) is 38.1 Å². The lowest BCUT2D eigenvalue weighted by Crippen LogP contribution is -2.57. The largest absolute Gasteiger partial charge is 0.389 e. The van der Waals surface area contributed by atoms with Crippen molar-refractivity contribution in [3.05, 3.63) is 30.3 Å². The molecule has 0 amide bonds. The molecule has 0 aromatic heterocycles. The van der Waals surface area contributed by atoms with E-state index in [-0.39, 0.29) is 5.41 Å². The van der Waals surface area contributed by atoms with E-state index in [4.69, 9.17) is 0 Å². The standard InChI is InChI=1S/C18H28N2O3/c1-18(13-19-11-15(21)17(23)16(22)12-19)7-9-20(10-8-18)14-5-3-2-4-6-14/h2-6,15-17,21-23H,7-13H2,1H3. The van der Waals surface area contributed by atoms with Crippen molar-refractivity contribution < 1.29 is 15.3 Å². The number of para-hydroxylation sites is 1. The molecule has 5 heteroatoms. The summed E-state index contributed by atoms with van der Waals surface area (Å²) in [6, 6.07) is 10.5. The smallest absolute Gasteiger partial charge is 0.108 e. The topological polar surface area (TPSA) is 67.2 Å². The molecule has 1 aromatic rings. The fraction of sp³-hybridized carbons (Fsp3) is 0.667. The zero-order valence-corrected chi connectivity index (χ0v) is 13.8. The van der Waals surface area contributed by atoms with Gasteiger partial charge in [0.05, 0.1) is 12.2 Å². The molecule has 2 unspecified atom stereocenters. The van der Waals surface area contributed by atoms with E-state index in [1.165, 1.54) is 5.69 Å². The number of hydrogen-bond donors (Lipinski definition) is 3. The van der Waals surface area contributed by atoms with Crippen LogP contribution in [0.3, 0.4) is 0 Å². The van der Waals surface area contributed by atoms with Crippen molar-refractivity contribution >= 4 is 5.69 Å². The predicted octanol–water partition coefficient (Wildman–Crippen LogP) is 0.691. The van der Waals surface area contributed by atoms with E-state index in [0.717, 1.165) is 32.5 Å². The SMILES string of the molecule is CC1(CN2CC(O)C(O)C(O)C2)CCN(c2ccccc2)CC1. The molecule has 0 spiro atoms. The molecule has 2 aliphatic rings. The minimum Gasteiger partial charge on any atom is -0.389 e. The Kier molecular flexibility index (Phi) is 4.92. The molecule has 0 aliphatic carbocycles. The molecule has 3 rings (SSSR count). The van der Waals surface area contributed by atoms with Crippen LogP contribution in [0.15, 0.2) is 30.3 Å². The summed E-state index contributed by atoms with van der Waals surface area (Å²) in [5.41, 5.74) is 1.47. The minimum absolute atomic E-state index is 0.188. The zero-order valence-electron chi connectivity index (χ0n) is 13.8. The average Bonchev–Trinajstić information content (AvgIpc) is 2.54. The van der Waals surface area contributed by atoms with Crippen LogP contribution in [0, 0.1) is 5.41 Å². The van der Waals surface area contributed by atoms with Crippen LogP contribution in [-0.2, 0) is 0 Å². The number of aliphatic hydroxyl groups is 3. The first-order valence-electron chi connectivity index (χ1n) is 8.53. The van der Waals surface area contributed by atoms with Gasteiger partial charge in [-0.1, -0.05) is 25.1 Å². The number of anilines is 1. The summed E-state index contributed by atoms with van der Waals surface area (Å²) < 4.78 is 0. The normalized spacial score (nSPS) is 32.0. The molecule has 23 heavy (non-hydrogen) atoms. The maximum Gasteiger partial charge on any atom is 0.108 e. The number of rotatable bonds is 3. The summed E-state index contributed by atoms with van der Waals surface area (Å²) in [6.07, 6.45) is -0.544. The Bertz CT molecular complexity index is 490. The first-order valence-corrected chi connectivity index (χ1v) is 8.53. The van der Waals surface area contributed by atoms with Gasteiger partial charge in [-0.3, -0.25) is 4.90 Å². The van der Waals surface area contributed by atoms with Crippen LogP contribution in [0.5, 0.6) is 0 Å². The summed E-state index contributed by atoms with van der Waals surface area (Å²) in [6.45, 7) is 6.09. The van der Waals surface area contributed by atoms with Gasteiger partial charge < -0.3 is 20.2 Å². The minimum atomic E-state index is -1.01. The van der Waals surface area contributed by atoms with Crippen molar-refractivity contribution in [3.8, 4) is 0 Å². The third kappa shape index (κ3) is 3.86. The third-order valence-corrected chi connectivity index (χ3v) is 5.38. The van der Waals surface area contributed by atoms with Crippen molar-refractivity contribution in [2.75, 3.05) is 37.6 Å². The van der Waals surface area contributed by atoms with Crippen molar-refractivity contribution in [1.82, 2.24) is 4.90 Å². The molecule has 2 aliphatic heterocycles. The van der Waals surface area contributed by atoms with Gasteiger partial charge in [0.25, 0.3) is 0 Å². The zero-order chi connectivity index (χ0) is 16.4. The van der Waals surface area contributed by atoms with Gasteiger partial charge in [0.2, 0.25) is 0 Å². The Morgan fingerprint density at radius 1 is 1.00 bits per heavy atom. The summed E-state index contributed by atoms with van der Waals surface area (Å²) in [7, 11) is 0. The lowest BCUT2D eigenvalue weighted by atomic mass is 9.79. The molecule has 0 bridgehead atoms. The highest BCUT2D eigenvalue weighted by Crippen LogP contribution is 2.34. The summed E-state index contributed by atoms with van der Waals surface area (Å²) in [5, 5.41) is 29.4. The van der Waals surface area contributed by atoms with E-state index in [1.807, 2.05) is 6.07 Å². The Labute approximate surface area is 138 Å². The first kappa shape index (κ1) is 16.7. The van der Waals surface area contributed by atoms with Crippen LogP contribution in [0.1, 0.15) is 19.8 Å². The van der Waals surface area contributed by atoms with Crippen LogP contribution < -0.4 is 4.90 Å². The fourth-order valence-electron chi connectivity index (χ4n) is 3.85. The number of nitrogens with zero attached hydrogens (tertiary/aromatic N) is 2. The Hall–Kier alpha value is -1.14. The van der Waals surface area contributed by atoms with Crippen LogP contribution in [0.25, 0.3) is 0 Å². The molecule has 0 radical (unpaired) electrons. The maximum atomic E-state index is 9.86.